The highest BCUT2D eigenvalue weighted by Gasteiger charge is 2.16. The highest BCUT2D eigenvalue weighted by atomic mass is 32.1. The minimum Gasteiger partial charge on any atom is -0.342 e. The number of amides is 2. The molecule has 0 fully saturated rings. The van der Waals surface area contributed by atoms with Crippen LogP contribution in [0, 0.1) is 5.82 Å². The van der Waals surface area contributed by atoms with E-state index in [0.717, 1.165) is 24.8 Å². The second-order valence-corrected chi connectivity index (χ2v) is 6.76. The van der Waals surface area contributed by atoms with Crippen LogP contribution in [0.1, 0.15) is 41.4 Å². The van der Waals surface area contributed by atoms with Gasteiger partial charge in [0.05, 0.1) is 11.4 Å². The van der Waals surface area contributed by atoms with E-state index in [-0.39, 0.29) is 24.2 Å². The standard InChI is InChI=1S/C19H23FN2O2S/c1-2-3-4-11-22(14-15-7-9-16(20)10-8-15)18(23)13-21-19(24)17-6-5-12-25-17/h5-10,12H,2-4,11,13-14H2,1H3,(H,21,24). The van der Waals surface area contributed by atoms with E-state index < -0.39 is 0 Å². The van der Waals surface area contributed by atoms with Gasteiger partial charge in [-0.05, 0) is 35.6 Å². The van der Waals surface area contributed by atoms with Crippen molar-refractivity contribution in [3.8, 4) is 0 Å². The van der Waals surface area contributed by atoms with Gasteiger partial charge in [0.25, 0.3) is 5.91 Å². The van der Waals surface area contributed by atoms with Crippen LogP contribution in [-0.4, -0.2) is 29.8 Å². The first-order valence-corrected chi connectivity index (χ1v) is 9.32. The molecule has 2 rings (SSSR count). The van der Waals surface area contributed by atoms with Crippen molar-refractivity contribution in [1.29, 1.82) is 0 Å². The molecule has 6 heteroatoms. The van der Waals surface area contributed by atoms with E-state index in [1.54, 1.807) is 29.2 Å². The van der Waals surface area contributed by atoms with Crippen molar-refractivity contribution >= 4 is 23.2 Å². The van der Waals surface area contributed by atoms with Gasteiger partial charge in [-0.2, -0.15) is 0 Å². The molecule has 0 unspecified atom stereocenters. The van der Waals surface area contributed by atoms with Crippen LogP contribution in [0.15, 0.2) is 41.8 Å². The molecule has 1 aromatic carbocycles. The summed E-state index contributed by atoms with van der Waals surface area (Å²) in [6, 6.07) is 9.67. The fourth-order valence-corrected chi connectivity index (χ4v) is 3.06. The van der Waals surface area contributed by atoms with Gasteiger partial charge in [0, 0.05) is 13.1 Å². The van der Waals surface area contributed by atoms with Crippen molar-refractivity contribution in [2.24, 2.45) is 0 Å². The maximum atomic E-state index is 13.0. The summed E-state index contributed by atoms with van der Waals surface area (Å²) < 4.78 is 13.0. The number of hydrogen-bond donors (Lipinski definition) is 1. The fraction of sp³-hybridized carbons (Fsp3) is 0.368. The summed E-state index contributed by atoms with van der Waals surface area (Å²) in [5.74, 6) is -0.667. The normalized spacial score (nSPS) is 10.5. The van der Waals surface area contributed by atoms with E-state index in [1.165, 1.54) is 23.5 Å². The molecule has 0 spiro atoms. The van der Waals surface area contributed by atoms with E-state index in [9.17, 15) is 14.0 Å². The monoisotopic (exact) mass is 362 g/mol. The number of unbranched alkanes of at least 4 members (excludes halogenated alkanes) is 2. The molecule has 0 saturated heterocycles. The Bertz CT molecular complexity index is 671. The first kappa shape index (κ1) is 19.1. The number of rotatable bonds is 9. The van der Waals surface area contributed by atoms with Gasteiger partial charge in [-0.25, -0.2) is 4.39 Å². The number of nitrogens with one attached hydrogen (secondary N) is 1. The summed E-state index contributed by atoms with van der Waals surface area (Å²) in [7, 11) is 0. The Labute approximate surface area is 151 Å². The van der Waals surface area contributed by atoms with Crippen molar-refractivity contribution < 1.29 is 14.0 Å². The van der Waals surface area contributed by atoms with Crippen LogP contribution in [0.25, 0.3) is 0 Å². The van der Waals surface area contributed by atoms with Gasteiger partial charge < -0.3 is 10.2 Å². The van der Waals surface area contributed by atoms with E-state index in [2.05, 4.69) is 12.2 Å². The molecule has 1 heterocycles. The van der Waals surface area contributed by atoms with Gasteiger partial charge in [0.1, 0.15) is 5.82 Å². The third kappa shape index (κ3) is 6.31. The second-order valence-electron chi connectivity index (χ2n) is 5.81. The van der Waals surface area contributed by atoms with Crippen molar-refractivity contribution in [2.45, 2.75) is 32.7 Å². The lowest BCUT2D eigenvalue weighted by molar-refractivity contribution is -0.130. The molecule has 4 nitrogen and oxygen atoms in total. The smallest absolute Gasteiger partial charge is 0.261 e. The number of hydrogen-bond acceptors (Lipinski definition) is 3. The maximum Gasteiger partial charge on any atom is 0.261 e. The van der Waals surface area contributed by atoms with Crippen molar-refractivity contribution in [1.82, 2.24) is 10.2 Å². The Hall–Kier alpha value is -2.21. The van der Waals surface area contributed by atoms with E-state index in [4.69, 9.17) is 0 Å². The number of benzene rings is 1. The second kappa shape index (κ2) is 9.93. The summed E-state index contributed by atoms with van der Waals surface area (Å²) in [4.78, 5) is 26.8. The van der Waals surface area contributed by atoms with Gasteiger partial charge in [0.2, 0.25) is 5.91 Å². The summed E-state index contributed by atoms with van der Waals surface area (Å²) in [5, 5.41) is 4.49. The van der Waals surface area contributed by atoms with Gasteiger partial charge in [-0.1, -0.05) is 38.0 Å². The molecular weight excluding hydrogens is 339 g/mol. The minimum atomic E-state index is -0.296. The molecule has 0 radical (unpaired) electrons. The lowest BCUT2D eigenvalue weighted by atomic mass is 10.2. The third-order valence-corrected chi connectivity index (χ3v) is 4.68. The molecule has 134 valence electrons. The molecule has 2 amide bonds. The maximum absolute atomic E-state index is 13.0. The lowest BCUT2D eigenvalue weighted by Crippen LogP contribution is -2.40. The molecular formula is C19H23FN2O2S. The summed E-state index contributed by atoms with van der Waals surface area (Å²) in [5.41, 5.74) is 0.871. The molecule has 0 aliphatic carbocycles. The van der Waals surface area contributed by atoms with Crippen molar-refractivity contribution in [2.75, 3.05) is 13.1 Å². The first-order valence-electron chi connectivity index (χ1n) is 8.44. The van der Waals surface area contributed by atoms with Crippen LogP contribution >= 0.6 is 11.3 Å². The number of halogens is 1. The molecule has 0 saturated carbocycles. The van der Waals surface area contributed by atoms with Crippen LogP contribution in [0.3, 0.4) is 0 Å². The Kier molecular flexibility index (Phi) is 7.60. The first-order chi connectivity index (χ1) is 12.1. The highest BCUT2D eigenvalue weighted by molar-refractivity contribution is 7.12. The Balaban J connectivity index is 1.94. The summed E-state index contributed by atoms with van der Waals surface area (Å²) in [6.45, 7) is 3.11. The topological polar surface area (TPSA) is 49.4 Å². The molecule has 2 aromatic rings. The number of carbonyl (C=O) groups is 2. The average molecular weight is 362 g/mol. The zero-order chi connectivity index (χ0) is 18.1. The minimum absolute atomic E-state index is 0.0376. The van der Waals surface area contributed by atoms with Crippen LogP contribution in [-0.2, 0) is 11.3 Å². The van der Waals surface area contributed by atoms with Crippen LogP contribution in [0.4, 0.5) is 4.39 Å². The third-order valence-electron chi connectivity index (χ3n) is 3.82. The van der Waals surface area contributed by atoms with Crippen LogP contribution < -0.4 is 5.32 Å². The van der Waals surface area contributed by atoms with Crippen molar-refractivity contribution in [3.05, 3.63) is 58.0 Å². The van der Waals surface area contributed by atoms with E-state index >= 15 is 0 Å². The van der Waals surface area contributed by atoms with Crippen LogP contribution in [0.5, 0.6) is 0 Å². The zero-order valence-electron chi connectivity index (χ0n) is 14.3. The van der Waals surface area contributed by atoms with Gasteiger partial charge >= 0.3 is 0 Å². The molecule has 1 aromatic heterocycles. The molecule has 25 heavy (non-hydrogen) atoms. The lowest BCUT2D eigenvalue weighted by Gasteiger charge is -2.23. The van der Waals surface area contributed by atoms with Gasteiger partial charge in [0.15, 0.2) is 0 Å². The average Bonchev–Trinajstić information content (AvgIpc) is 3.15. The largest absolute Gasteiger partial charge is 0.342 e. The molecule has 0 aliphatic rings. The molecule has 0 aliphatic heterocycles. The molecule has 0 bridgehead atoms. The molecule has 0 atom stereocenters. The zero-order valence-corrected chi connectivity index (χ0v) is 15.2. The SMILES string of the molecule is CCCCCN(Cc1ccc(F)cc1)C(=O)CNC(=O)c1cccs1. The van der Waals surface area contributed by atoms with Gasteiger partial charge in [-0.15, -0.1) is 11.3 Å². The number of nitrogens with zero attached hydrogens (tertiary/aromatic N) is 1. The van der Waals surface area contributed by atoms with E-state index in [1.807, 2.05) is 5.38 Å². The summed E-state index contributed by atoms with van der Waals surface area (Å²) >= 11 is 1.34. The van der Waals surface area contributed by atoms with Gasteiger partial charge in [-0.3, -0.25) is 9.59 Å². The number of thiophene rings is 1. The van der Waals surface area contributed by atoms with Crippen LogP contribution in [0.2, 0.25) is 0 Å². The van der Waals surface area contributed by atoms with E-state index in [0.29, 0.717) is 18.0 Å². The number of carbonyl (C=O) groups excluding carboxylic acids is 2. The Morgan fingerprint density at radius 2 is 1.92 bits per heavy atom. The quantitative estimate of drug-likeness (QED) is 0.689. The van der Waals surface area contributed by atoms with Crippen molar-refractivity contribution in [3.63, 3.8) is 0 Å². The predicted octanol–water partition coefficient (Wildman–Crippen LogP) is 3.84. The highest BCUT2D eigenvalue weighted by Crippen LogP contribution is 2.10. The Morgan fingerprint density at radius 3 is 2.56 bits per heavy atom. The Morgan fingerprint density at radius 1 is 1.16 bits per heavy atom. The predicted molar refractivity (Wildman–Crippen MR) is 98.0 cm³/mol. The molecule has 1 N–H and O–H groups in total. The summed E-state index contributed by atoms with van der Waals surface area (Å²) in [6.07, 6.45) is 3.00. The fourth-order valence-electron chi connectivity index (χ4n) is 2.42.